The zero-order valence-electron chi connectivity index (χ0n) is 9.91. The standard InChI is InChI=1S/C14H9ClF2O2/c1-19-8-5-6-9(12(16)7-8)14(18)10-3-2-4-11(15)13(10)17/h2-7H,1H3. The lowest BCUT2D eigenvalue weighted by atomic mass is 10.0. The van der Waals surface area contributed by atoms with Crippen LogP contribution in [0.1, 0.15) is 15.9 Å². The Morgan fingerprint density at radius 1 is 1.16 bits per heavy atom. The van der Waals surface area contributed by atoms with Crippen LogP contribution in [0.4, 0.5) is 8.78 Å². The maximum absolute atomic E-state index is 13.7. The first-order valence-electron chi connectivity index (χ1n) is 5.37. The summed E-state index contributed by atoms with van der Waals surface area (Å²) in [5.74, 6) is -2.12. The van der Waals surface area contributed by atoms with E-state index in [0.29, 0.717) is 0 Å². The number of hydrogen-bond donors (Lipinski definition) is 0. The summed E-state index contributed by atoms with van der Waals surface area (Å²) in [4.78, 5) is 12.1. The van der Waals surface area contributed by atoms with Crippen LogP contribution in [0.5, 0.6) is 5.75 Å². The van der Waals surface area contributed by atoms with Crippen molar-refractivity contribution in [3.05, 3.63) is 64.2 Å². The second kappa shape index (κ2) is 5.36. The van der Waals surface area contributed by atoms with Crippen LogP contribution in [0.3, 0.4) is 0 Å². The molecule has 0 saturated carbocycles. The molecule has 2 aromatic carbocycles. The second-order valence-electron chi connectivity index (χ2n) is 3.78. The van der Waals surface area contributed by atoms with E-state index in [2.05, 4.69) is 0 Å². The molecule has 0 aliphatic carbocycles. The molecule has 0 bridgehead atoms. The van der Waals surface area contributed by atoms with Gasteiger partial charge in [-0.3, -0.25) is 4.79 Å². The van der Waals surface area contributed by atoms with Gasteiger partial charge in [-0.2, -0.15) is 0 Å². The molecule has 0 radical (unpaired) electrons. The summed E-state index contributed by atoms with van der Waals surface area (Å²) < 4.78 is 32.3. The third kappa shape index (κ3) is 2.58. The number of halogens is 3. The smallest absolute Gasteiger partial charge is 0.198 e. The summed E-state index contributed by atoms with van der Waals surface area (Å²) in [6.07, 6.45) is 0. The number of carbonyl (C=O) groups is 1. The predicted octanol–water partition coefficient (Wildman–Crippen LogP) is 3.86. The summed E-state index contributed by atoms with van der Waals surface area (Å²) in [6.45, 7) is 0. The summed E-state index contributed by atoms with van der Waals surface area (Å²) in [7, 11) is 1.38. The third-order valence-corrected chi connectivity index (χ3v) is 2.91. The molecule has 2 nitrogen and oxygen atoms in total. The van der Waals surface area contributed by atoms with Crippen molar-refractivity contribution in [2.75, 3.05) is 7.11 Å². The molecule has 2 aromatic rings. The fraction of sp³-hybridized carbons (Fsp3) is 0.0714. The minimum absolute atomic E-state index is 0.181. The quantitative estimate of drug-likeness (QED) is 0.799. The summed E-state index contributed by atoms with van der Waals surface area (Å²) in [5, 5.41) is -0.181. The van der Waals surface area contributed by atoms with Gasteiger partial charge in [0.05, 0.1) is 23.3 Å². The minimum Gasteiger partial charge on any atom is -0.497 e. The summed E-state index contributed by atoms with van der Waals surface area (Å²) >= 11 is 5.59. The summed E-state index contributed by atoms with van der Waals surface area (Å²) in [5.41, 5.74) is -0.501. The lowest BCUT2D eigenvalue weighted by Gasteiger charge is -2.06. The van der Waals surface area contributed by atoms with Crippen LogP contribution < -0.4 is 4.74 Å². The van der Waals surface area contributed by atoms with Gasteiger partial charge in [-0.15, -0.1) is 0 Å². The number of ketones is 1. The van der Waals surface area contributed by atoms with E-state index in [1.54, 1.807) is 0 Å². The average Bonchev–Trinajstić information content (AvgIpc) is 2.41. The van der Waals surface area contributed by atoms with Gasteiger partial charge in [0.15, 0.2) is 11.6 Å². The first-order chi connectivity index (χ1) is 9.04. The van der Waals surface area contributed by atoms with Crippen molar-refractivity contribution in [2.24, 2.45) is 0 Å². The molecule has 0 saturated heterocycles. The van der Waals surface area contributed by atoms with E-state index in [9.17, 15) is 13.6 Å². The van der Waals surface area contributed by atoms with Crippen LogP contribution in [0.25, 0.3) is 0 Å². The number of hydrogen-bond acceptors (Lipinski definition) is 2. The monoisotopic (exact) mass is 282 g/mol. The molecule has 0 unspecified atom stereocenters. The van der Waals surface area contributed by atoms with Gasteiger partial charge in [0.1, 0.15) is 11.6 Å². The highest BCUT2D eigenvalue weighted by Gasteiger charge is 2.19. The van der Waals surface area contributed by atoms with Crippen LogP contribution in [0, 0.1) is 11.6 Å². The molecule has 0 amide bonds. The van der Waals surface area contributed by atoms with Crippen LogP contribution in [-0.4, -0.2) is 12.9 Å². The van der Waals surface area contributed by atoms with E-state index in [0.717, 1.165) is 6.07 Å². The molecule has 98 valence electrons. The van der Waals surface area contributed by atoms with E-state index in [1.165, 1.54) is 37.4 Å². The molecule has 2 rings (SSSR count). The van der Waals surface area contributed by atoms with Crippen molar-refractivity contribution in [3.8, 4) is 5.75 Å². The second-order valence-corrected chi connectivity index (χ2v) is 4.18. The lowest BCUT2D eigenvalue weighted by Crippen LogP contribution is -2.07. The Hall–Kier alpha value is -1.94. The highest BCUT2D eigenvalue weighted by molar-refractivity contribution is 6.31. The van der Waals surface area contributed by atoms with E-state index < -0.39 is 17.4 Å². The van der Waals surface area contributed by atoms with E-state index in [-0.39, 0.29) is 21.9 Å². The zero-order valence-corrected chi connectivity index (χ0v) is 10.7. The number of methoxy groups -OCH3 is 1. The summed E-state index contributed by atoms with van der Waals surface area (Å²) in [6, 6.07) is 7.75. The Morgan fingerprint density at radius 3 is 2.53 bits per heavy atom. The predicted molar refractivity (Wildman–Crippen MR) is 67.8 cm³/mol. The number of ether oxygens (including phenoxy) is 1. The van der Waals surface area contributed by atoms with Crippen molar-refractivity contribution in [1.82, 2.24) is 0 Å². The Bertz CT molecular complexity index is 641. The SMILES string of the molecule is COc1ccc(C(=O)c2cccc(Cl)c2F)c(F)c1. The molecule has 0 N–H and O–H groups in total. The van der Waals surface area contributed by atoms with Gasteiger partial charge >= 0.3 is 0 Å². The highest BCUT2D eigenvalue weighted by Crippen LogP contribution is 2.23. The fourth-order valence-electron chi connectivity index (χ4n) is 1.63. The molecular formula is C14H9ClF2O2. The van der Waals surface area contributed by atoms with Crippen molar-refractivity contribution < 1.29 is 18.3 Å². The Kier molecular flexibility index (Phi) is 3.81. The van der Waals surface area contributed by atoms with Crippen molar-refractivity contribution in [3.63, 3.8) is 0 Å². The number of rotatable bonds is 3. The highest BCUT2D eigenvalue weighted by atomic mass is 35.5. The average molecular weight is 283 g/mol. The van der Waals surface area contributed by atoms with Crippen LogP contribution in [-0.2, 0) is 0 Å². The molecule has 0 heterocycles. The van der Waals surface area contributed by atoms with Gasteiger partial charge in [0, 0.05) is 6.07 Å². The molecule has 0 aliphatic rings. The van der Waals surface area contributed by atoms with Crippen molar-refractivity contribution >= 4 is 17.4 Å². The first kappa shape index (κ1) is 13.5. The lowest BCUT2D eigenvalue weighted by molar-refractivity contribution is 0.103. The van der Waals surface area contributed by atoms with Crippen LogP contribution in [0.15, 0.2) is 36.4 Å². The number of benzene rings is 2. The van der Waals surface area contributed by atoms with Gasteiger partial charge in [0.2, 0.25) is 0 Å². The van der Waals surface area contributed by atoms with Gasteiger partial charge in [0.25, 0.3) is 0 Å². The topological polar surface area (TPSA) is 26.3 Å². The first-order valence-corrected chi connectivity index (χ1v) is 5.74. The molecule has 0 spiro atoms. The third-order valence-electron chi connectivity index (χ3n) is 2.62. The molecule has 5 heteroatoms. The Morgan fingerprint density at radius 2 is 1.89 bits per heavy atom. The van der Waals surface area contributed by atoms with Crippen molar-refractivity contribution in [2.45, 2.75) is 0 Å². The van der Waals surface area contributed by atoms with Gasteiger partial charge in [-0.05, 0) is 24.3 Å². The molecule has 19 heavy (non-hydrogen) atoms. The minimum atomic E-state index is -0.857. The number of carbonyl (C=O) groups excluding carboxylic acids is 1. The Labute approximate surface area is 113 Å². The molecule has 0 aromatic heterocycles. The van der Waals surface area contributed by atoms with E-state index >= 15 is 0 Å². The van der Waals surface area contributed by atoms with Gasteiger partial charge in [-0.25, -0.2) is 8.78 Å². The van der Waals surface area contributed by atoms with Gasteiger partial charge < -0.3 is 4.74 Å². The zero-order chi connectivity index (χ0) is 14.0. The van der Waals surface area contributed by atoms with Crippen LogP contribution in [0.2, 0.25) is 5.02 Å². The largest absolute Gasteiger partial charge is 0.497 e. The maximum Gasteiger partial charge on any atom is 0.198 e. The molecule has 0 fully saturated rings. The maximum atomic E-state index is 13.7. The molecular weight excluding hydrogens is 274 g/mol. The van der Waals surface area contributed by atoms with Crippen LogP contribution >= 0.6 is 11.6 Å². The normalized spacial score (nSPS) is 10.3. The molecule has 0 aliphatic heterocycles. The fourth-order valence-corrected chi connectivity index (χ4v) is 1.81. The van der Waals surface area contributed by atoms with Crippen molar-refractivity contribution in [1.29, 1.82) is 0 Å². The van der Waals surface area contributed by atoms with Gasteiger partial charge in [-0.1, -0.05) is 17.7 Å². The van der Waals surface area contributed by atoms with E-state index in [1.807, 2.05) is 0 Å². The van der Waals surface area contributed by atoms with E-state index in [4.69, 9.17) is 16.3 Å². The Balaban J connectivity index is 2.47. The molecule has 0 atom stereocenters.